The molecule has 1 N–H and O–H groups in total. The summed E-state index contributed by atoms with van der Waals surface area (Å²) in [6.07, 6.45) is 3.85. The summed E-state index contributed by atoms with van der Waals surface area (Å²) in [4.78, 5) is 24.5. The van der Waals surface area contributed by atoms with Crippen LogP contribution in [0.25, 0.3) is 11.0 Å². The highest BCUT2D eigenvalue weighted by Gasteiger charge is 2.40. The van der Waals surface area contributed by atoms with Gasteiger partial charge in [-0.25, -0.2) is 4.98 Å². The van der Waals surface area contributed by atoms with Gasteiger partial charge >= 0.3 is 6.18 Å². The maximum Gasteiger partial charge on any atom is 0.406 e. The number of aromatic nitrogens is 2. The van der Waals surface area contributed by atoms with Gasteiger partial charge < -0.3 is 14.8 Å². The number of alkyl halides is 3. The standard InChI is InChI=1S/C17H19F3N4O.C4H8N2/c18-17(19,20)9-23-10-24(11-4-2-1-3-5-11)14-12-6-7-21-15(12)22-8-13(14)16(23)25;1-6(2)4-3-5/h6-8,11H,1-5,9-10H2,(H,21,22);4H2,1-2H3. The van der Waals surface area contributed by atoms with Crippen LogP contribution in [-0.4, -0.2) is 71.7 Å². The number of nitrogens with one attached hydrogen (secondary N) is 1. The molecule has 2 aromatic rings. The first-order valence-corrected chi connectivity index (χ1v) is 10.3. The number of H-pyrrole nitrogens is 1. The number of rotatable bonds is 3. The third-order valence-electron chi connectivity index (χ3n) is 5.46. The fourth-order valence-electron chi connectivity index (χ4n) is 4.12. The molecule has 168 valence electrons. The normalized spacial score (nSPS) is 17.4. The molecule has 31 heavy (non-hydrogen) atoms. The predicted molar refractivity (Wildman–Crippen MR) is 112 cm³/mol. The van der Waals surface area contributed by atoms with Crippen molar-refractivity contribution in [2.45, 2.75) is 44.3 Å². The van der Waals surface area contributed by atoms with Gasteiger partial charge in [0, 0.05) is 23.8 Å². The lowest BCUT2D eigenvalue weighted by atomic mass is 9.92. The van der Waals surface area contributed by atoms with Gasteiger partial charge in [-0.15, -0.1) is 0 Å². The van der Waals surface area contributed by atoms with Crippen LogP contribution in [-0.2, 0) is 0 Å². The summed E-state index contributed by atoms with van der Waals surface area (Å²) >= 11 is 0. The highest BCUT2D eigenvalue weighted by atomic mass is 19.4. The van der Waals surface area contributed by atoms with E-state index in [0.29, 0.717) is 12.2 Å². The number of fused-ring (bicyclic) bond motifs is 3. The second-order valence-electron chi connectivity index (χ2n) is 8.18. The van der Waals surface area contributed by atoms with E-state index in [0.717, 1.165) is 48.1 Å². The number of carbonyl (C=O) groups excluding carboxylic acids is 1. The molecule has 1 saturated carbocycles. The minimum Gasteiger partial charge on any atom is -0.349 e. The molecule has 1 fully saturated rings. The first-order valence-electron chi connectivity index (χ1n) is 10.3. The molecule has 1 amide bonds. The van der Waals surface area contributed by atoms with Gasteiger partial charge in [-0.05, 0) is 33.0 Å². The molecule has 4 rings (SSSR count). The lowest BCUT2D eigenvalue weighted by Gasteiger charge is -2.44. The summed E-state index contributed by atoms with van der Waals surface area (Å²) in [5.74, 6) is -0.602. The van der Waals surface area contributed by atoms with Crippen LogP contribution in [0.5, 0.6) is 0 Å². The molecule has 1 aliphatic heterocycles. The Hall–Kier alpha value is -2.80. The van der Waals surface area contributed by atoms with Crippen molar-refractivity contribution < 1.29 is 18.0 Å². The number of halogens is 3. The van der Waals surface area contributed by atoms with E-state index in [2.05, 4.69) is 9.97 Å². The van der Waals surface area contributed by atoms with Gasteiger partial charge in [-0.2, -0.15) is 18.4 Å². The Balaban J connectivity index is 0.000000401. The van der Waals surface area contributed by atoms with E-state index in [1.807, 2.05) is 36.0 Å². The molecular formula is C21H27F3N6O. The molecule has 0 spiro atoms. The zero-order valence-corrected chi connectivity index (χ0v) is 17.7. The number of amides is 1. The number of aromatic amines is 1. The van der Waals surface area contributed by atoms with Crippen LogP contribution in [0.1, 0.15) is 42.5 Å². The Morgan fingerprint density at radius 1 is 1.29 bits per heavy atom. The highest BCUT2D eigenvalue weighted by molar-refractivity contribution is 6.08. The molecule has 3 heterocycles. The number of hydrogen-bond donors (Lipinski definition) is 1. The first kappa shape index (κ1) is 22.9. The van der Waals surface area contributed by atoms with Crippen LogP contribution < -0.4 is 4.90 Å². The Bertz CT molecular complexity index is 943. The lowest BCUT2D eigenvalue weighted by molar-refractivity contribution is -0.141. The second kappa shape index (κ2) is 9.56. The summed E-state index contributed by atoms with van der Waals surface area (Å²) in [6, 6.07) is 3.98. The number of pyridine rings is 1. The van der Waals surface area contributed by atoms with Crippen LogP contribution in [0.15, 0.2) is 18.5 Å². The minimum absolute atomic E-state index is 0.0275. The topological polar surface area (TPSA) is 79.3 Å². The second-order valence-corrected chi connectivity index (χ2v) is 8.18. The number of carbonyl (C=O) groups is 1. The lowest BCUT2D eigenvalue weighted by Crippen LogP contribution is -2.53. The maximum absolute atomic E-state index is 12.9. The summed E-state index contributed by atoms with van der Waals surface area (Å²) in [7, 11) is 3.73. The summed E-state index contributed by atoms with van der Waals surface area (Å²) in [5, 5.41) is 8.74. The van der Waals surface area contributed by atoms with Crippen molar-refractivity contribution >= 4 is 22.6 Å². The quantitative estimate of drug-likeness (QED) is 0.742. The minimum atomic E-state index is -4.42. The van der Waals surface area contributed by atoms with E-state index in [4.69, 9.17) is 5.26 Å². The van der Waals surface area contributed by atoms with Crippen molar-refractivity contribution in [1.29, 1.82) is 5.26 Å². The molecule has 0 radical (unpaired) electrons. The average Bonchev–Trinajstić information content (AvgIpc) is 3.19. The smallest absolute Gasteiger partial charge is 0.349 e. The average molecular weight is 436 g/mol. The van der Waals surface area contributed by atoms with Gasteiger partial charge in [0.05, 0.1) is 30.5 Å². The summed E-state index contributed by atoms with van der Waals surface area (Å²) in [5.41, 5.74) is 1.63. The van der Waals surface area contributed by atoms with E-state index in [1.165, 1.54) is 6.20 Å². The van der Waals surface area contributed by atoms with Crippen molar-refractivity contribution in [1.82, 2.24) is 19.8 Å². The molecule has 7 nitrogen and oxygen atoms in total. The Labute approximate surface area is 179 Å². The molecule has 0 bridgehead atoms. The number of nitriles is 1. The van der Waals surface area contributed by atoms with E-state index in [9.17, 15) is 18.0 Å². The van der Waals surface area contributed by atoms with Crippen molar-refractivity contribution in [2.24, 2.45) is 0 Å². The highest BCUT2D eigenvalue weighted by Crippen LogP contribution is 2.38. The Kier molecular flexibility index (Phi) is 7.05. The number of anilines is 1. The van der Waals surface area contributed by atoms with Crippen LogP contribution in [0.2, 0.25) is 0 Å². The van der Waals surface area contributed by atoms with Crippen LogP contribution >= 0.6 is 0 Å². The Morgan fingerprint density at radius 2 is 2.00 bits per heavy atom. The van der Waals surface area contributed by atoms with Gasteiger partial charge in [0.15, 0.2) is 0 Å². The van der Waals surface area contributed by atoms with Gasteiger partial charge in [0.25, 0.3) is 5.91 Å². The largest absolute Gasteiger partial charge is 0.406 e. The van der Waals surface area contributed by atoms with Crippen LogP contribution in [0, 0.1) is 11.3 Å². The zero-order valence-electron chi connectivity index (χ0n) is 17.7. The predicted octanol–water partition coefficient (Wildman–Crippen LogP) is 3.75. The maximum atomic E-state index is 12.9. The molecular weight excluding hydrogens is 409 g/mol. The molecule has 0 unspecified atom stereocenters. The third-order valence-corrected chi connectivity index (χ3v) is 5.46. The molecule has 1 aliphatic carbocycles. The molecule has 0 saturated heterocycles. The fraction of sp³-hybridized carbons (Fsp3) is 0.571. The summed E-state index contributed by atoms with van der Waals surface area (Å²) in [6.45, 7) is -0.750. The number of hydrogen-bond acceptors (Lipinski definition) is 5. The first-order chi connectivity index (χ1) is 14.7. The fourth-order valence-corrected chi connectivity index (χ4v) is 4.12. The van der Waals surface area contributed by atoms with Crippen molar-refractivity contribution in [3.8, 4) is 6.07 Å². The molecule has 0 atom stereocenters. The molecule has 10 heteroatoms. The van der Waals surface area contributed by atoms with Gasteiger partial charge in [-0.3, -0.25) is 9.69 Å². The van der Waals surface area contributed by atoms with Crippen LogP contribution in [0.3, 0.4) is 0 Å². The zero-order chi connectivity index (χ0) is 22.6. The van der Waals surface area contributed by atoms with Crippen molar-refractivity contribution in [2.75, 3.05) is 38.8 Å². The monoisotopic (exact) mass is 436 g/mol. The van der Waals surface area contributed by atoms with E-state index in [-0.39, 0.29) is 18.3 Å². The van der Waals surface area contributed by atoms with Gasteiger partial charge in [0.1, 0.15) is 12.2 Å². The van der Waals surface area contributed by atoms with E-state index >= 15 is 0 Å². The molecule has 2 aromatic heterocycles. The third kappa shape index (κ3) is 5.47. The van der Waals surface area contributed by atoms with Gasteiger partial charge in [-0.1, -0.05) is 19.3 Å². The number of nitrogens with zero attached hydrogens (tertiary/aromatic N) is 5. The van der Waals surface area contributed by atoms with E-state index < -0.39 is 18.6 Å². The molecule has 2 aliphatic rings. The SMILES string of the molecule is CN(C)CC#N.O=C1c2cnc3[nH]ccc3c2N(C2CCCCC2)CN1CC(F)(F)F. The Morgan fingerprint density at radius 3 is 2.58 bits per heavy atom. The summed E-state index contributed by atoms with van der Waals surface area (Å²) < 4.78 is 38.8. The van der Waals surface area contributed by atoms with Gasteiger partial charge in [0.2, 0.25) is 0 Å². The molecule has 0 aromatic carbocycles. The van der Waals surface area contributed by atoms with Crippen LogP contribution in [0.4, 0.5) is 18.9 Å². The van der Waals surface area contributed by atoms with Crippen molar-refractivity contribution in [3.63, 3.8) is 0 Å². The van der Waals surface area contributed by atoms with Crippen molar-refractivity contribution in [3.05, 3.63) is 24.0 Å². The van der Waals surface area contributed by atoms with E-state index in [1.54, 1.807) is 6.20 Å².